The van der Waals surface area contributed by atoms with E-state index in [1.165, 1.54) is 9.80 Å². The number of cyclic esters (lactones) is 1. The van der Waals surface area contributed by atoms with Crippen LogP contribution in [0.5, 0.6) is 0 Å². The normalized spacial score (nSPS) is 28.4. The fourth-order valence-electron chi connectivity index (χ4n) is 7.67. The fourth-order valence-corrected chi connectivity index (χ4v) is 9.03. The number of hydrogen-bond acceptors (Lipinski definition) is 10. The van der Waals surface area contributed by atoms with Crippen molar-refractivity contribution >= 4 is 45.8 Å². The molecule has 54 heavy (non-hydrogen) atoms. The number of nitrogens with zero attached hydrogens (tertiary/aromatic N) is 2. The Labute approximate surface area is 315 Å². The number of alkyl carbamates (subject to hydrolysis) is 1. The van der Waals surface area contributed by atoms with E-state index in [0.717, 1.165) is 30.4 Å². The van der Waals surface area contributed by atoms with Crippen molar-refractivity contribution in [1.82, 2.24) is 30.5 Å². The van der Waals surface area contributed by atoms with Gasteiger partial charge in [0.15, 0.2) is 0 Å². The lowest BCUT2D eigenvalue weighted by Crippen LogP contribution is -2.60. The molecule has 1 saturated heterocycles. The van der Waals surface area contributed by atoms with Crippen molar-refractivity contribution in [2.75, 3.05) is 19.7 Å². The molecule has 3 fully saturated rings. The predicted octanol–water partition coefficient (Wildman–Crippen LogP) is 2.45. The number of nitrogens with one attached hydrogen (secondary N) is 4. The zero-order valence-corrected chi connectivity index (χ0v) is 32.2. The van der Waals surface area contributed by atoms with E-state index in [-0.39, 0.29) is 50.9 Å². The van der Waals surface area contributed by atoms with Crippen LogP contribution in [0.15, 0.2) is 18.2 Å². The highest BCUT2D eigenvalue weighted by atomic mass is 32.2. The fraction of sp³-hybridized carbons (Fsp3) is 0.676. The maximum Gasteiger partial charge on any atom is 0.410 e. The van der Waals surface area contributed by atoms with Crippen LogP contribution in [-0.2, 0) is 47.0 Å². The Morgan fingerprint density at radius 1 is 1.04 bits per heavy atom. The van der Waals surface area contributed by atoms with Crippen molar-refractivity contribution in [1.29, 1.82) is 0 Å². The van der Waals surface area contributed by atoms with Gasteiger partial charge in [-0.2, -0.15) is 0 Å². The van der Waals surface area contributed by atoms with Gasteiger partial charge in [0.2, 0.25) is 21.8 Å². The van der Waals surface area contributed by atoms with Gasteiger partial charge in [-0.15, -0.1) is 0 Å². The van der Waals surface area contributed by atoms with E-state index in [2.05, 4.69) is 20.7 Å². The maximum atomic E-state index is 14.4. The number of sulfonamides is 1. The molecule has 0 spiro atoms. The third-order valence-electron chi connectivity index (χ3n) is 11.1. The zero-order chi connectivity index (χ0) is 39.0. The minimum absolute atomic E-state index is 0.113. The highest BCUT2D eigenvalue weighted by molar-refractivity contribution is 7.91. The largest absolute Gasteiger partial charge is 0.450 e. The first kappa shape index (κ1) is 39.3. The summed E-state index contributed by atoms with van der Waals surface area (Å²) in [4.78, 5) is 84.6. The predicted molar refractivity (Wildman–Crippen MR) is 194 cm³/mol. The van der Waals surface area contributed by atoms with E-state index >= 15 is 0 Å². The summed E-state index contributed by atoms with van der Waals surface area (Å²) in [6, 6.07) is 2.97. The standard InChI is InChI=1S/C37H52N6O10S/c1-5-23-18-37(23,33(47)41-54(50,51)25-13-14-25)40-31(45)28-17-24-20-43(28)32(46)29(36(2,3)4)39-34(48)52-16-9-7-6-8-15-38-30(44)26-12-10-11-22-19-42(21-27(22)26)35(49)53-24/h10-12,23-25,28-29H,5-9,13-21H2,1-4H3,(H,38,44)(H,39,48)(H,40,45)(H,41,47)/t23-,24+,28?,29+,37-/m0/s1. The summed E-state index contributed by atoms with van der Waals surface area (Å²) in [7, 11) is -3.90. The van der Waals surface area contributed by atoms with Crippen LogP contribution in [0, 0.1) is 11.3 Å². The first-order valence-electron chi connectivity index (χ1n) is 19.0. The summed E-state index contributed by atoms with van der Waals surface area (Å²) in [5, 5.41) is 7.79. The molecule has 1 unspecified atom stereocenters. The molecule has 16 nitrogen and oxygen atoms in total. The molecule has 0 aromatic heterocycles. The van der Waals surface area contributed by atoms with Crippen molar-refractivity contribution in [3.8, 4) is 0 Å². The summed E-state index contributed by atoms with van der Waals surface area (Å²) < 4.78 is 38.9. The molecule has 296 valence electrons. The lowest BCUT2D eigenvalue weighted by atomic mass is 9.85. The first-order chi connectivity index (χ1) is 25.5. The molecule has 1 aromatic rings. The number of carbonyl (C=O) groups is 6. The van der Waals surface area contributed by atoms with E-state index < -0.39 is 74.3 Å². The smallest absolute Gasteiger partial charge is 0.410 e. The molecule has 6 rings (SSSR count). The van der Waals surface area contributed by atoms with Gasteiger partial charge >= 0.3 is 12.2 Å². The number of hydrogen-bond donors (Lipinski definition) is 4. The maximum absolute atomic E-state index is 14.4. The molecule has 2 saturated carbocycles. The molecule has 17 heteroatoms. The van der Waals surface area contributed by atoms with Gasteiger partial charge in [-0.3, -0.25) is 28.8 Å². The van der Waals surface area contributed by atoms with E-state index in [1.807, 2.05) is 13.0 Å². The lowest BCUT2D eigenvalue weighted by Gasteiger charge is -2.35. The van der Waals surface area contributed by atoms with Gasteiger partial charge in [0, 0.05) is 25.1 Å². The van der Waals surface area contributed by atoms with Crippen LogP contribution in [-0.4, -0.2) is 103 Å². The van der Waals surface area contributed by atoms with Crippen LogP contribution in [0.25, 0.3) is 0 Å². The van der Waals surface area contributed by atoms with Crippen molar-refractivity contribution in [3.05, 3.63) is 34.9 Å². The average molecular weight is 773 g/mol. The van der Waals surface area contributed by atoms with E-state index in [0.29, 0.717) is 37.8 Å². The third kappa shape index (κ3) is 8.45. The molecular formula is C37H52N6O10S. The third-order valence-corrected chi connectivity index (χ3v) is 12.9. The highest BCUT2D eigenvalue weighted by Crippen LogP contribution is 2.47. The Bertz CT molecular complexity index is 1790. The van der Waals surface area contributed by atoms with Gasteiger partial charge in [-0.05, 0) is 67.1 Å². The topological polar surface area (TPSA) is 210 Å². The van der Waals surface area contributed by atoms with Crippen molar-refractivity contribution in [2.45, 2.75) is 128 Å². The quantitative estimate of drug-likeness (QED) is 0.332. The van der Waals surface area contributed by atoms with E-state index in [1.54, 1.807) is 32.9 Å². The van der Waals surface area contributed by atoms with Crippen LogP contribution in [0.4, 0.5) is 9.59 Å². The molecule has 3 heterocycles. The van der Waals surface area contributed by atoms with Gasteiger partial charge in [-0.1, -0.05) is 52.7 Å². The number of rotatable bonds is 6. The minimum atomic E-state index is -3.90. The Kier molecular flexibility index (Phi) is 11.2. The summed E-state index contributed by atoms with van der Waals surface area (Å²) in [5.74, 6) is -2.71. The number of amides is 6. The van der Waals surface area contributed by atoms with Crippen LogP contribution >= 0.6 is 0 Å². The van der Waals surface area contributed by atoms with Crippen LogP contribution < -0.4 is 20.7 Å². The lowest BCUT2D eigenvalue weighted by molar-refractivity contribution is -0.143. The van der Waals surface area contributed by atoms with Crippen molar-refractivity contribution in [3.63, 3.8) is 0 Å². The molecular weight excluding hydrogens is 721 g/mol. The second kappa shape index (κ2) is 15.4. The second-order valence-corrected chi connectivity index (χ2v) is 18.2. The van der Waals surface area contributed by atoms with Crippen molar-refractivity contribution in [2.24, 2.45) is 11.3 Å². The summed E-state index contributed by atoms with van der Waals surface area (Å²) in [6.07, 6.45) is 1.90. The van der Waals surface area contributed by atoms with E-state index in [4.69, 9.17) is 9.47 Å². The molecule has 4 bridgehead atoms. The Hall–Kier alpha value is -4.41. The molecule has 4 N–H and O–H groups in total. The Balaban J connectivity index is 1.26. The minimum Gasteiger partial charge on any atom is -0.450 e. The number of benzene rings is 1. The molecule has 1 aromatic carbocycles. The summed E-state index contributed by atoms with van der Waals surface area (Å²) >= 11 is 0. The van der Waals surface area contributed by atoms with Crippen LogP contribution in [0.2, 0.25) is 0 Å². The Morgan fingerprint density at radius 3 is 2.46 bits per heavy atom. The van der Waals surface area contributed by atoms with Crippen molar-refractivity contribution < 1.29 is 46.7 Å². The highest BCUT2D eigenvalue weighted by Gasteiger charge is 2.62. The molecule has 3 aliphatic heterocycles. The first-order valence-corrected chi connectivity index (χ1v) is 20.5. The zero-order valence-electron chi connectivity index (χ0n) is 31.4. The van der Waals surface area contributed by atoms with Gasteiger partial charge < -0.3 is 30.3 Å². The number of ether oxygens (including phenoxy) is 2. The molecule has 5 aliphatic rings. The summed E-state index contributed by atoms with van der Waals surface area (Å²) in [5.41, 5.74) is -0.330. The molecule has 6 amide bonds. The SMILES string of the molecule is CC[C@H]1C[C@@]1(NC(=O)C1C[C@@H]2CN1C(=O)[C@H](C(C)(C)C)NC(=O)OCCCCCCNC(=O)c1cccc3c1CN(C3)C(=O)O2)C(=O)NS(=O)(=O)C1CC1. The molecule has 2 aliphatic carbocycles. The van der Waals surface area contributed by atoms with Crippen LogP contribution in [0.3, 0.4) is 0 Å². The van der Waals surface area contributed by atoms with Gasteiger partial charge in [0.25, 0.3) is 11.8 Å². The number of fused-ring (bicyclic) bond motifs is 3. The van der Waals surface area contributed by atoms with E-state index in [9.17, 15) is 37.2 Å². The average Bonchev–Trinajstić information content (AvgIpc) is 4.00. The summed E-state index contributed by atoms with van der Waals surface area (Å²) in [6.45, 7) is 7.84. The van der Waals surface area contributed by atoms with Gasteiger partial charge in [-0.25, -0.2) is 18.0 Å². The Morgan fingerprint density at radius 2 is 1.78 bits per heavy atom. The second-order valence-electron chi connectivity index (χ2n) is 16.2. The monoisotopic (exact) mass is 772 g/mol. The molecule has 5 atom stereocenters. The molecule has 0 radical (unpaired) electrons. The van der Waals surface area contributed by atoms with Gasteiger partial charge in [0.1, 0.15) is 23.7 Å². The van der Waals surface area contributed by atoms with Gasteiger partial charge in [0.05, 0.1) is 24.9 Å². The van der Waals surface area contributed by atoms with Crippen LogP contribution in [0.1, 0.15) is 107 Å². The number of carbonyl (C=O) groups excluding carboxylic acids is 6.